The molecule has 30 heavy (non-hydrogen) atoms. The minimum Gasteiger partial charge on any atom is -0.357 e. The second-order valence-corrected chi connectivity index (χ2v) is 8.95. The molecule has 1 aromatic carbocycles. The largest absolute Gasteiger partial charge is 0.403 e. The lowest BCUT2D eigenvalue weighted by molar-refractivity contribution is -0.181. The minimum atomic E-state index is -4.24. The SMILES string of the molecule is CCNC(=NCCNS(=O)(=O)c1ccc(C)cc1)N1CCN(C(C)C(F)(F)F)CC1. The topological polar surface area (TPSA) is 77.0 Å². The fraction of sp³-hybridized carbons (Fsp3) is 0.632. The maximum Gasteiger partial charge on any atom is 0.403 e. The van der Waals surface area contributed by atoms with Crippen LogP contribution in [0, 0.1) is 6.92 Å². The first kappa shape index (κ1) is 24.4. The Morgan fingerprint density at radius 2 is 1.77 bits per heavy atom. The molecule has 1 unspecified atom stereocenters. The van der Waals surface area contributed by atoms with Crippen LogP contribution in [0.4, 0.5) is 13.2 Å². The van der Waals surface area contributed by atoms with E-state index in [1.165, 1.54) is 11.8 Å². The summed E-state index contributed by atoms with van der Waals surface area (Å²) in [5.41, 5.74) is 0.971. The molecule has 2 rings (SSSR count). The lowest BCUT2D eigenvalue weighted by atomic mass is 10.2. The highest BCUT2D eigenvalue weighted by Gasteiger charge is 2.41. The Morgan fingerprint density at radius 3 is 2.30 bits per heavy atom. The highest BCUT2D eigenvalue weighted by atomic mass is 32.2. The number of nitrogens with zero attached hydrogens (tertiary/aromatic N) is 3. The van der Waals surface area contributed by atoms with Crippen LogP contribution >= 0.6 is 0 Å². The van der Waals surface area contributed by atoms with Gasteiger partial charge in [0, 0.05) is 39.3 Å². The van der Waals surface area contributed by atoms with Crippen LogP contribution < -0.4 is 10.0 Å². The third-order valence-electron chi connectivity index (χ3n) is 4.97. The van der Waals surface area contributed by atoms with Gasteiger partial charge in [-0.3, -0.25) is 9.89 Å². The van der Waals surface area contributed by atoms with Crippen LogP contribution in [0.1, 0.15) is 19.4 Å². The van der Waals surface area contributed by atoms with E-state index < -0.39 is 22.2 Å². The Labute approximate surface area is 176 Å². The third kappa shape index (κ3) is 6.85. The van der Waals surface area contributed by atoms with Crippen molar-refractivity contribution in [3.05, 3.63) is 29.8 Å². The zero-order valence-corrected chi connectivity index (χ0v) is 18.4. The zero-order chi connectivity index (χ0) is 22.4. The first-order valence-electron chi connectivity index (χ1n) is 9.95. The van der Waals surface area contributed by atoms with Gasteiger partial charge in [0.05, 0.1) is 11.4 Å². The summed E-state index contributed by atoms with van der Waals surface area (Å²) in [5, 5.41) is 3.12. The van der Waals surface area contributed by atoms with Gasteiger partial charge in [0.1, 0.15) is 6.04 Å². The summed E-state index contributed by atoms with van der Waals surface area (Å²) in [5.74, 6) is 0.575. The summed E-state index contributed by atoms with van der Waals surface area (Å²) in [4.78, 5) is 7.94. The first-order chi connectivity index (χ1) is 14.0. The summed E-state index contributed by atoms with van der Waals surface area (Å²) < 4.78 is 65.9. The Kier molecular flexibility index (Phi) is 8.51. The van der Waals surface area contributed by atoms with Gasteiger partial charge < -0.3 is 10.2 Å². The number of guanidine groups is 1. The molecule has 1 aliphatic rings. The molecular formula is C19H30F3N5O2S. The average molecular weight is 450 g/mol. The van der Waals surface area contributed by atoms with Gasteiger partial charge >= 0.3 is 6.18 Å². The zero-order valence-electron chi connectivity index (χ0n) is 17.5. The lowest BCUT2D eigenvalue weighted by Crippen LogP contribution is -2.56. The number of hydrogen-bond acceptors (Lipinski definition) is 4. The third-order valence-corrected chi connectivity index (χ3v) is 6.44. The Balaban J connectivity index is 1.90. The van der Waals surface area contributed by atoms with Gasteiger partial charge in [0.15, 0.2) is 5.96 Å². The normalized spacial score (nSPS) is 17.8. The molecule has 0 aliphatic carbocycles. The monoisotopic (exact) mass is 449 g/mol. The second kappa shape index (κ2) is 10.5. The number of benzene rings is 1. The van der Waals surface area contributed by atoms with Crippen molar-refractivity contribution in [3.63, 3.8) is 0 Å². The fourth-order valence-corrected chi connectivity index (χ4v) is 4.12. The van der Waals surface area contributed by atoms with Crippen molar-refractivity contribution in [3.8, 4) is 0 Å². The molecule has 7 nitrogen and oxygen atoms in total. The highest BCUT2D eigenvalue weighted by molar-refractivity contribution is 7.89. The highest BCUT2D eigenvalue weighted by Crippen LogP contribution is 2.25. The number of sulfonamides is 1. The molecule has 2 N–H and O–H groups in total. The number of nitrogens with one attached hydrogen (secondary N) is 2. The molecule has 0 spiro atoms. The summed E-state index contributed by atoms with van der Waals surface area (Å²) in [6.45, 7) is 7.30. The quantitative estimate of drug-likeness (QED) is 0.377. The van der Waals surface area contributed by atoms with E-state index in [2.05, 4.69) is 15.0 Å². The fourth-order valence-electron chi connectivity index (χ4n) is 3.10. The predicted octanol–water partition coefficient (Wildman–Crippen LogP) is 1.81. The van der Waals surface area contributed by atoms with Crippen molar-refractivity contribution in [1.82, 2.24) is 19.8 Å². The van der Waals surface area contributed by atoms with Crippen molar-refractivity contribution in [2.45, 2.75) is 37.9 Å². The molecule has 1 fully saturated rings. The maximum absolute atomic E-state index is 12.9. The van der Waals surface area contributed by atoms with Crippen molar-refractivity contribution < 1.29 is 21.6 Å². The van der Waals surface area contributed by atoms with E-state index >= 15 is 0 Å². The van der Waals surface area contributed by atoms with Gasteiger partial charge in [-0.2, -0.15) is 13.2 Å². The molecule has 0 amide bonds. The van der Waals surface area contributed by atoms with E-state index in [4.69, 9.17) is 0 Å². The summed E-state index contributed by atoms with van der Waals surface area (Å²) in [7, 11) is -3.61. The van der Waals surface area contributed by atoms with Crippen LogP contribution in [0.3, 0.4) is 0 Å². The van der Waals surface area contributed by atoms with Crippen LogP contribution in [0.5, 0.6) is 0 Å². The summed E-state index contributed by atoms with van der Waals surface area (Å²) >= 11 is 0. The van der Waals surface area contributed by atoms with E-state index in [1.54, 1.807) is 24.3 Å². The number of rotatable bonds is 7. The predicted molar refractivity (Wildman–Crippen MR) is 111 cm³/mol. The molecule has 0 radical (unpaired) electrons. The van der Waals surface area contributed by atoms with Crippen molar-refractivity contribution >= 4 is 16.0 Å². The molecule has 1 aromatic rings. The average Bonchev–Trinajstić information content (AvgIpc) is 2.69. The molecule has 1 aliphatic heterocycles. The number of aliphatic imine (C=N–C) groups is 1. The number of alkyl halides is 3. The molecule has 0 bridgehead atoms. The van der Waals surface area contributed by atoms with Crippen molar-refractivity contribution in [2.75, 3.05) is 45.8 Å². The van der Waals surface area contributed by atoms with Crippen LogP contribution in [0.2, 0.25) is 0 Å². The first-order valence-corrected chi connectivity index (χ1v) is 11.4. The van der Waals surface area contributed by atoms with E-state index in [0.717, 1.165) is 5.56 Å². The Morgan fingerprint density at radius 1 is 1.17 bits per heavy atom. The van der Waals surface area contributed by atoms with Gasteiger partial charge in [0.25, 0.3) is 0 Å². The van der Waals surface area contributed by atoms with E-state index in [-0.39, 0.29) is 31.1 Å². The maximum atomic E-state index is 12.9. The van der Waals surface area contributed by atoms with E-state index in [0.29, 0.717) is 25.6 Å². The van der Waals surface area contributed by atoms with E-state index in [1.807, 2.05) is 18.7 Å². The van der Waals surface area contributed by atoms with Gasteiger partial charge in [-0.25, -0.2) is 13.1 Å². The van der Waals surface area contributed by atoms with Crippen LogP contribution in [-0.2, 0) is 10.0 Å². The molecular weight excluding hydrogens is 419 g/mol. The Hall–Kier alpha value is -1.85. The minimum absolute atomic E-state index is 0.121. The standard InChI is InChI=1S/C19H30F3N5O2S/c1-4-23-18(27-13-11-26(12-14-27)16(3)19(20,21)22)24-9-10-25-30(28,29)17-7-5-15(2)6-8-17/h5-8,16,25H,4,9-14H2,1-3H3,(H,23,24). The number of halogens is 3. The summed E-state index contributed by atoms with van der Waals surface area (Å²) in [6, 6.07) is 5.08. The van der Waals surface area contributed by atoms with Gasteiger partial charge in [-0.05, 0) is 32.9 Å². The molecule has 0 aromatic heterocycles. The molecule has 1 saturated heterocycles. The number of aryl methyl sites for hydroxylation is 1. The molecule has 1 atom stereocenters. The van der Waals surface area contributed by atoms with Crippen LogP contribution in [0.15, 0.2) is 34.2 Å². The summed E-state index contributed by atoms with van der Waals surface area (Å²) in [6.07, 6.45) is -4.24. The van der Waals surface area contributed by atoms with Gasteiger partial charge in [0.2, 0.25) is 10.0 Å². The van der Waals surface area contributed by atoms with Gasteiger partial charge in [-0.1, -0.05) is 17.7 Å². The second-order valence-electron chi connectivity index (χ2n) is 7.19. The van der Waals surface area contributed by atoms with Crippen LogP contribution in [0.25, 0.3) is 0 Å². The molecule has 1 heterocycles. The van der Waals surface area contributed by atoms with Gasteiger partial charge in [-0.15, -0.1) is 0 Å². The lowest BCUT2D eigenvalue weighted by Gasteiger charge is -2.39. The molecule has 0 saturated carbocycles. The van der Waals surface area contributed by atoms with E-state index in [9.17, 15) is 21.6 Å². The number of hydrogen-bond donors (Lipinski definition) is 2. The number of piperazine rings is 1. The van der Waals surface area contributed by atoms with Crippen molar-refractivity contribution in [1.29, 1.82) is 0 Å². The molecule has 11 heteroatoms. The van der Waals surface area contributed by atoms with Crippen LogP contribution in [-0.4, -0.2) is 82.2 Å². The smallest absolute Gasteiger partial charge is 0.357 e. The molecule has 170 valence electrons. The van der Waals surface area contributed by atoms with Crippen molar-refractivity contribution in [2.24, 2.45) is 4.99 Å². The Bertz CT molecular complexity index is 804.